The second kappa shape index (κ2) is 4.59. The van der Waals surface area contributed by atoms with E-state index in [-0.39, 0.29) is 6.04 Å². The molecule has 0 aliphatic rings. The van der Waals surface area contributed by atoms with E-state index in [2.05, 4.69) is 5.43 Å². The lowest BCUT2D eigenvalue weighted by Crippen LogP contribution is -2.54. The van der Waals surface area contributed by atoms with Gasteiger partial charge in [-0.25, -0.2) is 8.42 Å². The summed E-state index contributed by atoms with van der Waals surface area (Å²) < 4.78 is 22.3. The van der Waals surface area contributed by atoms with E-state index in [4.69, 9.17) is 5.84 Å². The Morgan fingerprint density at radius 3 is 2.00 bits per heavy atom. The van der Waals surface area contributed by atoms with Crippen molar-refractivity contribution in [3.05, 3.63) is 0 Å². The summed E-state index contributed by atoms with van der Waals surface area (Å²) in [5.41, 5.74) is 2.60. The van der Waals surface area contributed by atoms with Gasteiger partial charge in [0.1, 0.15) is 0 Å². The predicted molar refractivity (Wildman–Crippen MR) is 59.5 cm³/mol. The minimum atomic E-state index is -3.10. The summed E-state index contributed by atoms with van der Waals surface area (Å²) >= 11 is 0. The van der Waals surface area contributed by atoms with Crippen LogP contribution < -0.4 is 11.3 Å². The molecule has 14 heavy (non-hydrogen) atoms. The molecule has 0 aromatic heterocycles. The Bertz CT molecular complexity index is 271. The fourth-order valence-corrected chi connectivity index (χ4v) is 1.96. The number of rotatable bonds is 5. The average Bonchev–Trinajstić information content (AvgIpc) is 1.97. The molecule has 5 heteroatoms. The molecule has 0 rings (SSSR count). The molecule has 0 aliphatic carbocycles. The first-order valence-corrected chi connectivity index (χ1v) is 6.67. The third-order valence-corrected chi connectivity index (χ3v) is 4.90. The minimum absolute atomic E-state index is 0.211. The smallest absolute Gasteiger partial charge is 0.154 e. The molecule has 0 bridgehead atoms. The maximum Gasteiger partial charge on any atom is 0.154 e. The zero-order chi connectivity index (χ0) is 11.6. The van der Waals surface area contributed by atoms with Gasteiger partial charge in [-0.1, -0.05) is 13.8 Å². The summed E-state index contributed by atoms with van der Waals surface area (Å²) in [6.07, 6.45) is 1.99. The van der Waals surface area contributed by atoms with Crippen LogP contribution in [0.3, 0.4) is 0 Å². The second-order valence-electron chi connectivity index (χ2n) is 4.72. The maximum atomic E-state index is 11.5. The van der Waals surface area contributed by atoms with Gasteiger partial charge in [0, 0.05) is 12.3 Å². The molecular formula is C9H22N2O2S. The molecule has 0 heterocycles. The van der Waals surface area contributed by atoms with E-state index in [0.717, 1.165) is 6.42 Å². The van der Waals surface area contributed by atoms with Gasteiger partial charge in [0.15, 0.2) is 9.84 Å². The molecule has 4 nitrogen and oxygen atoms in total. The molecule has 1 atom stereocenters. The predicted octanol–water partition coefficient (Wildman–Crippen LogP) is 0.688. The van der Waals surface area contributed by atoms with Crippen LogP contribution in [0.2, 0.25) is 0 Å². The first kappa shape index (κ1) is 13.9. The monoisotopic (exact) mass is 222 g/mol. The molecule has 0 spiro atoms. The normalized spacial score (nSPS) is 15.9. The fourth-order valence-electron chi connectivity index (χ4n) is 1.28. The van der Waals surface area contributed by atoms with Gasteiger partial charge >= 0.3 is 0 Å². The van der Waals surface area contributed by atoms with Crippen LogP contribution in [0.15, 0.2) is 0 Å². The molecule has 0 saturated carbocycles. The molecule has 86 valence electrons. The Balaban J connectivity index is 4.84. The Hall–Kier alpha value is -0.130. The lowest BCUT2D eigenvalue weighted by atomic mass is 9.94. The van der Waals surface area contributed by atoms with Gasteiger partial charge in [-0.05, 0) is 26.2 Å². The number of hydrogen-bond acceptors (Lipinski definition) is 4. The van der Waals surface area contributed by atoms with Crippen molar-refractivity contribution in [1.29, 1.82) is 0 Å². The Morgan fingerprint density at radius 1 is 1.36 bits per heavy atom. The van der Waals surface area contributed by atoms with Crippen LogP contribution in [0.4, 0.5) is 0 Å². The standard InChI is InChI=1S/C9H22N2O2S/c1-7(2)6-8(11-10)9(3,4)14(5,12)13/h7-8,11H,6,10H2,1-5H3. The highest BCUT2D eigenvalue weighted by molar-refractivity contribution is 7.92. The second-order valence-corrected chi connectivity index (χ2v) is 7.32. The molecule has 1 unspecified atom stereocenters. The van der Waals surface area contributed by atoms with Gasteiger partial charge in [-0.15, -0.1) is 0 Å². The van der Waals surface area contributed by atoms with Crippen molar-refractivity contribution in [2.24, 2.45) is 11.8 Å². The van der Waals surface area contributed by atoms with Crippen molar-refractivity contribution < 1.29 is 8.42 Å². The number of sulfone groups is 1. The third-order valence-electron chi connectivity index (χ3n) is 2.70. The fraction of sp³-hybridized carbons (Fsp3) is 1.00. The van der Waals surface area contributed by atoms with E-state index in [1.807, 2.05) is 13.8 Å². The van der Waals surface area contributed by atoms with Crippen molar-refractivity contribution in [1.82, 2.24) is 5.43 Å². The van der Waals surface area contributed by atoms with E-state index in [9.17, 15) is 8.42 Å². The number of hydrazine groups is 1. The van der Waals surface area contributed by atoms with Crippen LogP contribution in [0, 0.1) is 5.92 Å². The van der Waals surface area contributed by atoms with Crippen molar-refractivity contribution >= 4 is 9.84 Å². The van der Waals surface area contributed by atoms with Crippen molar-refractivity contribution in [2.75, 3.05) is 6.26 Å². The van der Waals surface area contributed by atoms with Crippen LogP contribution in [0.25, 0.3) is 0 Å². The average molecular weight is 222 g/mol. The highest BCUT2D eigenvalue weighted by Crippen LogP contribution is 2.24. The van der Waals surface area contributed by atoms with E-state index >= 15 is 0 Å². The van der Waals surface area contributed by atoms with Crippen LogP contribution in [-0.2, 0) is 9.84 Å². The summed E-state index contributed by atoms with van der Waals surface area (Å²) in [6, 6.07) is -0.211. The van der Waals surface area contributed by atoms with Gasteiger partial charge in [-0.2, -0.15) is 0 Å². The lowest BCUT2D eigenvalue weighted by Gasteiger charge is -2.33. The quantitative estimate of drug-likeness (QED) is 0.530. The molecular weight excluding hydrogens is 200 g/mol. The van der Waals surface area contributed by atoms with Crippen LogP contribution in [0.1, 0.15) is 34.1 Å². The van der Waals surface area contributed by atoms with Gasteiger partial charge in [0.05, 0.1) is 4.75 Å². The summed E-state index contributed by atoms with van der Waals surface area (Å²) in [7, 11) is -3.10. The number of hydrogen-bond donors (Lipinski definition) is 2. The lowest BCUT2D eigenvalue weighted by molar-refractivity contribution is 0.354. The molecule has 0 amide bonds. The highest BCUT2D eigenvalue weighted by Gasteiger charge is 2.38. The van der Waals surface area contributed by atoms with Crippen LogP contribution in [0.5, 0.6) is 0 Å². The molecule has 0 fully saturated rings. The number of nitrogens with one attached hydrogen (secondary N) is 1. The molecule has 0 radical (unpaired) electrons. The zero-order valence-corrected chi connectivity index (χ0v) is 10.5. The Morgan fingerprint density at radius 2 is 1.79 bits per heavy atom. The van der Waals surface area contributed by atoms with Crippen LogP contribution in [-0.4, -0.2) is 25.5 Å². The number of nitrogens with two attached hydrogens (primary N) is 1. The van der Waals surface area contributed by atoms with Gasteiger partial charge in [0.25, 0.3) is 0 Å². The van der Waals surface area contributed by atoms with E-state index in [1.165, 1.54) is 6.26 Å². The van der Waals surface area contributed by atoms with Crippen LogP contribution >= 0.6 is 0 Å². The highest BCUT2D eigenvalue weighted by atomic mass is 32.2. The van der Waals surface area contributed by atoms with Crippen molar-refractivity contribution in [2.45, 2.75) is 44.9 Å². The van der Waals surface area contributed by atoms with Gasteiger partial charge in [-0.3, -0.25) is 11.3 Å². The first-order valence-electron chi connectivity index (χ1n) is 4.78. The van der Waals surface area contributed by atoms with Crippen molar-refractivity contribution in [3.63, 3.8) is 0 Å². The van der Waals surface area contributed by atoms with E-state index in [0.29, 0.717) is 5.92 Å². The van der Waals surface area contributed by atoms with Gasteiger partial charge in [0.2, 0.25) is 0 Å². The Labute approximate surface area is 87.1 Å². The third kappa shape index (κ3) is 3.22. The summed E-state index contributed by atoms with van der Waals surface area (Å²) in [5.74, 6) is 5.80. The summed E-state index contributed by atoms with van der Waals surface area (Å²) in [4.78, 5) is 0. The molecule has 0 aromatic rings. The minimum Gasteiger partial charge on any atom is -0.271 e. The van der Waals surface area contributed by atoms with E-state index in [1.54, 1.807) is 13.8 Å². The maximum absolute atomic E-state index is 11.5. The first-order chi connectivity index (χ1) is 6.13. The SMILES string of the molecule is CC(C)CC(NN)C(C)(C)S(C)(=O)=O. The zero-order valence-electron chi connectivity index (χ0n) is 9.66. The molecule has 3 N–H and O–H groups in total. The summed E-state index contributed by atoms with van der Waals surface area (Å²) in [5, 5.41) is 0. The molecule has 0 aromatic carbocycles. The van der Waals surface area contributed by atoms with Crippen molar-refractivity contribution in [3.8, 4) is 0 Å². The van der Waals surface area contributed by atoms with E-state index < -0.39 is 14.6 Å². The molecule has 0 saturated heterocycles. The topological polar surface area (TPSA) is 72.2 Å². The Kier molecular flexibility index (Phi) is 4.55. The van der Waals surface area contributed by atoms with Gasteiger partial charge < -0.3 is 0 Å². The largest absolute Gasteiger partial charge is 0.271 e. The molecule has 0 aliphatic heterocycles. The summed E-state index contributed by atoms with van der Waals surface area (Å²) in [6.45, 7) is 7.50.